The van der Waals surface area contributed by atoms with Crippen LogP contribution in [0.4, 0.5) is 5.69 Å². The minimum atomic E-state index is 0.277. The van der Waals surface area contributed by atoms with E-state index in [4.69, 9.17) is 0 Å². The van der Waals surface area contributed by atoms with Crippen LogP contribution in [-0.4, -0.2) is 12.5 Å². The lowest BCUT2D eigenvalue weighted by Gasteiger charge is -2.16. The molecule has 0 aliphatic carbocycles. The van der Waals surface area contributed by atoms with Crippen molar-refractivity contribution in [2.75, 3.05) is 11.4 Å². The first-order valence-electron chi connectivity index (χ1n) is 5.66. The Morgan fingerprint density at radius 3 is 2.73 bits per heavy atom. The van der Waals surface area contributed by atoms with E-state index in [1.165, 1.54) is 6.42 Å². The van der Waals surface area contributed by atoms with Crippen LogP contribution in [0.3, 0.4) is 0 Å². The standard InChI is InChI=1S/C13H17NO/c1-2-6-11-9-13(15)14(10-11)12-7-4-3-5-8-12/h3-5,7-8,11H,2,6,9-10H2,1H3. The Balaban J connectivity index is 2.09. The molecule has 1 heterocycles. The van der Waals surface area contributed by atoms with E-state index in [0.29, 0.717) is 5.92 Å². The predicted molar refractivity (Wildman–Crippen MR) is 61.8 cm³/mol. The van der Waals surface area contributed by atoms with Crippen molar-refractivity contribution >= 4 is 11.6 Å². The topological polar surface area (TPSA) is 20.3 Å². The zero-order chi connectivity index (χ0) is 10.7. The summed E-state index contributed by atoms with van der Waals surface area (Å²) >= 11 is 0. The molecular formula is C13H17NO. The van der Waals surface area contributed by atoms with Gasteiger partial charge in [0.2, 0.25) is 5.91 Å². The smallest absolute Gasteiger partial charge is 0.227 e. The molecule has 1 aromatic carbocycles. The molecule has 1 amide bonds. The second-order valence-corrected chi connectivity index (χ2v) is 4.20. The molecule has 0 aromatic heterocycles. The van der Waals surface area contributed by atoms with Gasteiger partial charge in [-0.2, -0.15) is 0 Å². The van der Waals surface area contributed by atoms with Crippen LogP contribution in [0.1, 0.15) is 26.2 Å². The maximum Gasteiger partial charge on any atom is 0.227 e. The molecule has 1 aromatic rings. The van der Waals surface area contributed by atoms with Gasteiger partial charge < -0.3 is 4.90 Å². The lowest BCUT2D eigenvalue weighted by atomic mass is 10.0. The van der Waals surface area contributed by atoms with Crippen LogP contribution in [0.15, 0.2) is 30.3 Å². The van der Waals surface area contributed by atoms with Gasteiger partial charge in [-0.05, 0) is 24.5 Å². The molecule has 2 nitrogen and oxygen atoms in total. The fraction of sp³-hybridized carbons (Fsp3) is 0.462. The number of hydrogen-bond donors (Lipinski definition) is 0. The summed E-state index contributed by atoms with van der Waals surface area (Å²) in [5.74, 6) is 0.836. The summed E-state index contributed by atoms with van der Waals surface area (Å²) < 4.78 is 0. The summed E-state index contributed by atoms with van der Waals surface area (Å²) in [6.45, 7) is 3.08. The van der Waals surface area contributed by atoms with Crippen LogP contribution >= 0.6 is 0 Å². The van der Waals surface area contributed by atoms with E-state index >= 15 is 0 Å². The minimum Gasteiger partial charge on any atom is -0.312 e. The van der Waals surface area contributed by atoms with E-state index in [-0.39, 0.29) is 5.91 Å². The molecule has 80 valence electrons. The van der Waals surface area contributed by atoms with Crippen LogP contribution in [0.5, 0.6) is 0 Å². The quantitative estimate of drug-likeness (QED) is 0.739. The van der Waals surface area contributed by atoms with E-state index in [2.05, 4.69) is 6.92 Å². The highest BCUT2D eigenvalue weighted by atomic mass is 16.2. The number of carbonyl (C=O) groups is 1. The van der Waals surface area contributed by atoms with Crippen LogP contribution in [0.25, 0.3) is 0 Å². The van der Waals surface area contributed by atoms with Gasteiger partial charge in [0.15, 0.2) is 0 Å². The van der Waals surface area contributed by atoms with Gasteiger partial charge in [-0.15, -0.1) is 0 Å². The third-order valence-electron chi connectivity index (χ3n) is 2.97. The summed E-state index contributed by atoms with van der Waals surface area (Å²) in [5.41, 5.74) is 1.04. The third kappa shape index (κ3) is 2.20. The van der Waals surface area contributed by atoms with Crippen molar-refractivity contribution in [1.29, 1.82) is 0 Å². The van der Waals surface area contributed by atoms with Gasteiger partial charge in [0.25, 0.3) is 0 Å². The van der Waals surface area contributed by atoms with Crippen molar-refractivity contribution in [2.24, 2.45) is 5.92 Å². The molecule has 15 heavy (non-hydrogen) atoms. The summed E-state index contributed by atoms with van der Waals surface area (Å²) in [4.78, 5) is 13.7. The maximum atomic E-state index is 11.8. The number of amides is 1. The monoisotopic (exact) mass is 203 g/mol. The van der Waals surface area contributed by atoms with Crippen LogP contribution in [-0.2, 0) is 4.79 Å². The van der Waals surface area contributed by atoms with Crippen molar-refractivity contribution in [3.63, 3.8) is 0 Å². The van der Waals surface area contributed by atoms with Crippen molar-refractivity contribution in [1.82, 2.24) is 0 Å². The van der Waals surface area contributed by atoms with E-state index in [9.17, 15) is 4.79 Å². The second-order valence-electron chi connectivity index (χ2n) is 4.20. The Hall–Kier alpha value is -1.31. The van der Waals surface area contributed by atoms with E-state index in [1.807, 2.05) is 35.2 Å². The fourth-order valence-corrected chi connectivity index (χ4v) is 2.24. The molecule has 1 fully saturated rings. The van der Waals surface area contributed by atoms with Gasteiger partial charge in [-0.3, -0.25) is 4.79 Å². The zero-order valence-corrected chi connectivity index (χ0v) is 9.15. The molecule has 2 rings (SSSR count). The van der Waals surface area contributed by atoms with Crippen molar-refractivity contribution in [3.05, 3.63) is 30.3 Å². The summed E-state index contributed by atoms with van der Waals surface area (Å²) in [6, 6.07) is 9.96. The molecular weight excluding hydrogens is 186 g/mol. The summed E-state index contributed by atoms with van der Waals surface area (Å²) in [6.07, 6.45) is 3.05. The van der Waals surface area contributed by atoms with Crippen LogP contribution in [0, 0.1) is 5.92 Å². The molecule has 1 atom stereocenters. The zero-order valence-electron chi connectivity index (χ0n) is 9.15. The van der Waals surface area contributed by atoms with Gasteiger partial charge in [-0.1, -0.05) is 31.5 Å². The number of rotatable bonds is 3. The first-order chi connectivity index (χ1) is 7.31. The Kier molecular flexibility index (Phi) is 3.05. The van der Waals surface area contributed by atoms with Gasteiger partial charge in [0.1, 0.15) is 0 Å². The summed E-state index contributed by atoms with van der Waals surface area (Å²) in [7, 11) is 0. The van der Waals surface area contributed by atoms with E-state index in [0.717, 1.165) is 25.1 Å². The highest BCUT2D eigenvalue weighted by Gasteiger charge is 2.29. The summed E-state index contributed by atoms with van der Waals surface area (Å²) in [5, 5.41) is 0. The van der Waals surface area contributed by atoms with Gasteiger partial charge in [0.05, 0.1) is 0 Å². The fourth-order valence-electron chi connectivity index (χ4n) is 2.24. The average molecular weight is 203 g/mol. The highest BCUT2D eigenvalue weighted by molar-refractivity contribution is 5.95. The Morgan fingerprint density at radius 1 is 1.33 bits per heavy atom. The van der Waals surface area contributed by atoms with Crippen molar-refractivity contribution in [2.45, 2.75) is 26.2 Å². The maximum absolute atomic E-state index is 11.8. The lowest BCUT2D eigenvalue weighted by molar-refractivity contribution is -0.117. The highest BCUT2D eigenvalue weighted by Crippen LogP contribution is 2.27. The van der Waals surface area contributed by atoms with E-state index < -0.39 is 0 Å². The molecule has 0 bridgehead atoms. The lowest BCUT2D eigenvalue weighted by Crippen LogP contribution is -2.24. The molecule has 0 saturated carbocycles. The Morgan fingerprint density at radius 2 is 2.07 bits per heavy atom. The average Bonchev–Trinajstić information content (AvgIpc) is 2.61. The van der Waals surface area contributed by atoms with Crippen LogP contribution < -0.4 is 4.90 Å². The van der Waals surface area contributed by atoms with Gasteiger partial charge in [0, 0.05) is 18.7 Å². The molecule has 1 saturated heterocycles. The van der Waals surface area contributed by atoms with Crippen LogP contribution in [0.2, 0.25) is 0 Å². The third-order valence-corrected chi connectivity index (χ3v) is 2.97. The van der Waals surface area contributed by atoms with Crippen molar-refractivity contribution < 1.29 is 4.79 Å². The molecule has 2 heteroatoms. The molecule has 1 aliphatic heterocycles. The number of para-hydroxylation sites is 1. The number of anilines is 1. The normalized spacial score (nSPS) is 21.0. The van der Waals surface area contributed by atoms with Gasteiger partial charge in [-0.25, -0.2) is 0 Å². The Bertz CT molecular complexity index is 334. The predicted octanol–water partition coefficient (Wildman–Crippen LogP) is 2.84. The number of benzene rings is 1. The number of carbonyl (C=O) groups excluding carboxylic acids is 1. The Labute approximate surface area is 90.9 Å². The largest absolute Gasteiger partial charge is 0.312 e. The molecule has 0 spiro atoms. The molecule has 1 unspecified atom stereocenters. The first-order valence-corrected chi connectivity index (χ1v) is 5.66. The minimum absolute atomic E-state index is 0.277. The molecule has 0 radical (unpaired) electrons. The van der Waals surface area contributed by atoms with E-state index in [1.54, 1.807) is 0 Å². The molecule has 0 N–H and O–H groups in total. The van der Waals surface area contributed by atoms with Gasteiger partial charge >= 0.3 is 0 Å². The SMILES string of the molecule is CCCC1CC(=O)N(c2ccccc2)C1. The number of nitrogens with zero attached hydrogens (tertiary/aromatic N) is 1. The second kappa shape index (κ2) is 4.47. The number of hydrogen-bond acceptors (Lipinski definition) is 1. The van der Waals surface area contributed by atoms with Crippen molar-refractivity contribution in [3.8, 4) is 0 Å². The first kappa shape index (κ1) is 10.2. The molecule has 1 aliphatic rings.